The van der Waals surface area contributed by atoms with Gasteiger partial charge in [0.1, 0.15) is 0 Å². The van der Waals surface area contributed by atoms with Crippen molar-refractivity contribution in [1.29, 1.82) is 0 Å². The van der Waals surface area contributed by atoms with E-state index in [0.29, 0.717) is 0 Å². The summed E-state index contributed by atoms with van der Waals surface area (Å²) in [5, 5.41) is -11.2. The standard InChI is InChI=1S/C12H10F12N2O5S.C8H9F9N2O2S.C6H4F6O4/c13-8(14,15)5-31-7(28)6(27)25-1-3-26(4-2-25)32(29,30)12(23,24)10(18,19)9(16,17)11(20,21)22;9-5(10,7(13,14)15)6(11,12)8(16,17)22(20,21)19-3-1-18-2-4-19;7-5(8,9)1-15-3(13)4(14)16-2-6(10,11)12/h1-5H2;18H,1-4H2;1-2H2. The summed E-state index contributed by atoms with van der Waals surface area (Å²) >= 11 is 0. The fourth-order valence-corrected chi connectivity index (χ4v) is 7.00. The Morgan fingerprint density at radius 2 is 0.643 bits per heavy atom. The second-order valence-electron chi connectivity index (χ2n) is 12.8. The van der Waals surface area contributed by atoms with Gasteiger partial charge in [0.2, 0.25) is 0 Å². The van der Waals surface area contributed by atoms with E-state index in [9.17, 15) is 155 Å². The minimum atomic E-state index is -7.46. The van der Waals surface area contributed by atoms with Gasteiger partial charge in [-0.2, -0.15) is 127 Å². The minimum absolute atomic E-state index is 0.253. The predicted octanol–water partition coefficient (Wildman–Crippen LogP) is 4.84. The summed E-state index contributed by atoms with van der Waals surface area (Å²) in [4.78, 5) is 43.7. The number of hydrogen-bond donors (Lipinski definition) is 1. The summed E-state index contributed by atoms with van der Waals surface area (Å²) in [5.74, 6) is -37.5. The molecule has 2 rings (SSSR count). The number of ether oxygens (including phenoxy) is 3. The molecular formula is C26H23F27N4O11S2. The van der Waals surface area contributed by atoms with Crippen LogP contribution >= 0.6 is 0 Å². The van der Waals surface area contributed by atoms with E-state index in [0.717, 1.165) is 0 Å². The van der Waals surface area contributed by atoms with E-state index in [2.05, 4.69) is 19.5 Å². The van der Waals surface area contributed by atoms with E-state index >= 15 is 0 Å². The molecule has 0 aromatic rings. The highest BCUT2D eigenvalue weighted by molar-refractivity contribution is 7.90. The molecule has 0 bridgehead atoms. The summed E-state index contributed by atoms with van der Waals surface area (Å²) in [5.41, 5.74) is 0. The highest BCUT2D eigenvalue weighted by atomic mass is 32.2. The first-order chi connectivity index (χ1) is 30.6. The van der Waals surface area contributed by atoms with Crippen molar-refractivity contribution < 1.29 is 169 Å². The number of rotatable bonds is 11. The van der Waals surface area contributed by atoms with Crippen molar-refractivity contribution in [3.8, 4) is 0 Å². The molecule has 0 aromatic carbocycles. The maximum atomic E-state index is 13.8. The first-order valence-electron chi connectivity index (χ1n) is 16.7. The fraction of sp³-hybridized carbons (Fsp3) is 0.846. The number of halogens is 27. The van der Waals surface area contributed by atoms with Gasteiger partial charge in [0.05, 0.1) is 0 Å². The Hall–Kier alpha value is -4.23. The van der Waals surface area contributed by atoms with E-state index in [4.69, 9.17) is 0 Å². The highest BCUT2D eigenvalue weighted by Crippen LogP contribution is 2.56. The largest absolute Gasteiger partial charge is 0.460 e. The van der Waals surface area contributed by atoms with Crippen LogP contribution in [-0.2, 0) is 53.4 Å². The van der Waals surface area contributed by atoms with Gasteiger partial charge in [-0.05, 0) is 0 Å². The summed E-state index contributed by atoms with van der Waals surface area (Å²) in [6.45, 7) is -13.4. The topological polar surface area (TPSA) is 186 Å². The molecule has 414 valence electrons. The summed E-state index contributed by atoms with van der Waals surface area (Å²) < 4.78 is 390. The number of amides is 1. The molecule has 0 aromatic heterocycles. The first kappa shape index (κ1) is 65.8. The zero-order valence-electron chi connectivity index (χ0n) is 32.6. The number of hydrogen-bond acceptors (Lipinski definition) is 12. The third-order valence-electron chi connectivity index (χ3n) is 7.60. The molecule has 2 saturated heterocycles. The number of nitrogens with zero attached hydrogens (tertiary/aromatic N) is 3. The van der Waals surface area contributed by atoms with Crippen LogP contribution in [-0.4, -0.2) is 191 Å². The molecule has 0 atom stereocenters. The van der Waals surface area contributed by atoms with Crippen LogP contribution in [0.25, 0.3) is 0 Å². The number of carbonyl (C=O) groups is 4. The molecule has 0 saturated carbocycles. The zero-order valence-corrected chi connectivity index (χ0v) is 34.3. The van der Waals surface area contributed by atoms with Gasteiger partial charge in [-0.25, -0.2) is 31.2 Å². The van der Waals surface area contributed by atoms with Gasteiger partial charge in [0.25, 0.3) is 20.0 Å². The molecular weight excluding hydrogens is 1120 g/mol. The molecule has 70 heavy (non-hydrogen) atoms. The van der Waals surface area contributed by atoms with E-state index in [1.54, 1.807) is 0 Å². The molecule has 0 radical (unpaired) electrons. The molecule has 2 aliphatic heterocycles. The lowest BCUT2D eigenvalue weighted by Crippen LogP contribution is -2.66. The van der Waals surface area contributed by atoms with Crippen molar-refractivity contribution in [3.63, 3.8) is 0 Å². The molecule has 2 fully saturated rings. The molecule has 44 heteroatoms. The van der Waals surface area contributed by atoms with E-state index < -0.39 is 172 Å². The lowest BCUT2D eigenvalue weighted by atomic mass is 10.1. The number of carbonyl (C=O) groups excluding carboxylic acids is 4. The molecule has 1 N–H and O–H groups in total. The van der Waals surface area contributed by atoms with Crippen molar-refractivity contribution in [3.05, 3.63) is 0 Å². The van der Waals surface area contributed by atoms with Gasteiger partial charge >= 0.3 is 88.9 Å². The maximum absolute atomic E-state index is 13.8. The lowest BCUT2D eigenvalue weighted by molar-refractivity contribution is -0.382. The summed E-state index contributed by atoms with van der Waals surface area (Å²) in [6.07, 6.45) is -29.1. The maximum Gasteiger partial charge on any atom is 0.460 e. The summed E-state index contributed by atoms with van der Waals surface area (Å²) in [6, 6.07) is 0. The normalized spacial score (nSPS) is 17.3. The summed E-state index contributed by atoms with van der Waals surface area (Å²) in [7, 11) is -13.3. The van der Waals surface area contributed by atoms with Crippen LogP contribution in [0.1, 0.15) is 0 Å². The number of sulfonamides is 2. The third-order valence-corrected chi connectivity index (χ3v) is 11.5. The monoisotopic (exact) mass is 1140 g/mol. The van der Waals surface area contributed by atoms with E-state index in [-0.39, 0.29) is 22.3 Å². The van der Waals surface area contributed by atoms with Crippen LogP contribution in [0.4, 0.5) is 119 Å². The van der Waals surface area contributed by atoms with Crippen molar-refractivity contribution >= 4 is 43.9 Å². The average molecular weight is 1140 g/mol. The highest BCUT2D eigenvalue weighted by Gasteiger charge is 2.87. The van der Waals surface area contributed by atoms with Crippen LogP contribution in [0, 0.1) is 0 Å². The smallest absolute Gasteiger partial charge is 0.449 e. The van der Waals surface area contributed by atoms with Gasteiger partial charge in [-0.1, -0.05) is 0 Å². The quantitative estimate of drug-likeness (QED) is 0.129. The predicted molar refractivity (Wildman–Crippen MR) is 163 cm³/mol. The minimum Gasteiger partial charge on any atom is -0.449 e. The molecule has 0 spiro atoms. The first-order valence-corrected chi connectivity index (χ1v) is 19.6. The van der Waals surface area contributed by atoms with Gasteiger partial charge in [-0.15, -0.1) is 0 Å². The van der Waals surface area contributed by atoms with Crippen molar-refractivity contribution in [2.75, 3.05) is 72.2 Å². The number of alkyl halides is 27. The van der Waals surface area contributed by atoms with Crippen molar-refractivity contribution in [2.45, 2.75) is 65.1 Å². The second kappa shape index (κ2) is 21.9. The van der Waals surface area contributed by atoms with E-state index in [1.807, 2.05) is 0 Å². The number of piperazine rings is 2. The van der Waals surface area contributed by atoms with Crippen molar-refractivity contribution in [1.82, 2.24) is 18.8 Å². The molecule has 15 nitrogen and oxygen atoms in total. The van der Waals surface area contributed by atoms with Gasteiger partial charge in [0, 0.05) is 52.4 Å². The average Bonchev–Trinajstić information content (AvgIpc) is 3.19. The third kappa shape index (κ3) is 15.4. The molecule has 0 unspecified atom stereocenters. The lowest BCUT2D eigenvalue weighted by Gasteiger charge is -2.38. The Morgan fingerprint density at radius 3 is 0.900 bits per heavy atom. The van der Waals surface area contributed by atoms with Gasteiger partial charge < -0.3 is 24.4 Å². The van der Waals surface area contributed by atoms with Crippen LogP contribution in [0.5, 0.6) is 0 Å². The number of esters is 3. The molecule has 2 heterocycles. The Labute approximate surface area is 369 Å². The SMILES string of the molecule is O=C(OCC(F)(F)F)C(=O)N1CCN(S(=O)(=O)C(F)(F)C(F)(F)C(F)(F)C(F)(F)F)CC1.O=C(OCC(F)(F)F)C(=O)OCC(F)(F)F.O=S(=O)(N1CCNCC1)C(F)(F)C(F)(F)C(F)(F)C(F)(F)F. The van der Waals surface area contributed by atoms with Crippen LogP contribution in [0.2, 0.25) is 0 Å². The van der Waals surface area contributed by atoms with Gasteiger partial charge in [-0.3, -0.25) is 4.79 Å². The zero-order chi connectivity index (χ0) is 56.1. The van der Waals surface area contributed by atoms with Crippen LogP contribution in [0.15, 0.2) is 0 Å². The Bertz CT molecular complexity index is 2010. The van der Waals surface area contributed by atoms with Crippen LogP contribution in [0.3, 0.4) is 0 Å². The van der Waals surface area contributed by atoms with Crippen molar-refractivity contribution in [2.24, 2.45) is 0 Å². The number of nitrogens with one attached hydrogen (secondary N) is 1. The van der Waals surface area contributed by atoms with Gasteiger partial charge in [0.15, 0.2) is 19.8 Å². The Balaban J connectivity index is 0.00000109. The Kier molecular flexibility index (Phi) is 20.5. The molecule has 1 amide bonds. The Morgan fingerprint density at radius 1 is 0.386 bits per heavy atom. The molecule has 0 aliphatic carbocycles. The molecule has 2 aliphatic rings. The van der Waals surface area contributed by atoms with E-state index in [1.165, 1.54) is 0 Å². The van der Waals surface area contributed by atoms with Crippen LogP contribution < -0.4 is 5.32 Å². The fourth-order valence-electron chi connectivity index (χ4n) is 4.14. The second-order valence-corrected chi connectivity index (χ2v) is 16.7.